The summed E-state index contributed by atoms with van der Waals surface area (Å²) in [6.07, 6.45) is 1.39. The first-order valence-electron chi connectivity index (χ1n) is 5.88. The van der Waals surface area contributed by atoms with E-state index in [-0.39, 0.29) is 12.5 Å². The summed E-state index contributed by atoms with van der Waals surface area (Å²) in [6, 6.07) is 0. The van der Waals surface area contributed by atoms with Gasteiger partial charge in [-0.25, -0.2) is 0 Å². The lowest BCUT2D eigenvalue weighted by molar-refractivity contribution is -0.127. The van der Waals surface area contributed by atoms with Crippen molar-refractivity contribution in [2.75, 3.05) is 25.5 Å². The predicted molar refractivity (Wildman–Crippen MR) is 72.3 cm³/mol. The molecule has 0 fully saturated rings. The highest BCUT2D eigenvalue weighted by atomic mass is 35.5. The molecule has 0 saturated carbocycles. The van der Waals surface area contributed by atoms with Crippen molar-refractivity contribution >= 4 is 29.1 Å². The van der Waals surface area contributed by atoms with Gasteiger partial charge in [-0.2, -0.15) is 19.6 Å². The van der Waals surface area contributed by atoms with Crippen LogP contribution in [-0.4, -0.2) is 50.5 Å². The van der Waals surface area contributed by atoms with Gasteiger partial charge >= 0.3 is 0 Å². The second kappa shape index (κ2) is 5.40. The van der Waals surface area contributed by atoms with Gasteiger partial charge in [-0.3, -0.25) is 4.79 Å². The standard InChI is InChI=1S/C11H15ClN6O/c1-4-17(3)8(19)5-13-10-7(2)9(12)16-11-14-6-15-18(10)11/h6,13H,4-5H2,1-3H3. The molecule has 0 aromatic carbocycles. The van der Waals surface area contributed by atoms with Crippen LogP contribution in [0.4, 0.5) is 5.82 Å². The average Bonchev–Trinajstić information content (AvgIpc) is 2.85. The van der Waals surface area contributed by atoms with E-state index in [9.17, 15) is 4.79 Å². The van der Waals surface area contributed by atoms with Crippen LogP contribution < -0.4 is 5.32 Å². The molecular weight excluding hydrogens is 268 g/mol. The Morgan fingerprint density at radius 1 is 1.58 bits per heavy atom. The summed E-state index contributed by atoms with van der Waals surface area (Å²) in [5, 5.41) is 7.45. The van der Waals surface area contributed by atoms with Crippen molar-refractivity contribution in [3.8, 4) is 0 Å². The van der Waals surface area contributed by atoms with Gasteiger partial charge in [0.2, 0.25) is 5.91 Å². The first-order valence-corrected chi connectivity index (χ1v) is 6.26. The number of hydrogen-bond acceptors (Lipinski definition) is 5. The molecule has 2 heterocycles. The molecule has 1 N–H and O–H groups in total. The van der Waals surface area contributed by atoms with Gasteiger partial charge < -0.3 is 10.2 Å². The third-order valence-corrected chi connectivity index (χ3v) is 3.28. The van der Waals surface area contributed by atoms with E-state index in [2.05, 4.69) is 20.4 Å². The summed E-state index contributed by atoms with van der Waals surface area (Å²) in [7, 11) is 1.75. The molecule has 19 heavy (non-hydrogen) atoms. The summed E-state index contributed by atoms with van der Waals surface area (Å²) in [4.78, 5) is 21.5. The van der Waals surface area contributed by atoms with Gasteiger partial charge in [-0.05, 0) is 13.8 Å². The van der Waals surface area contributed by atoms with Crippen LogP contribution in [0.5, 0.6) is 0 Å². The van der Waals surface area contributed by atoms with Crippen molar-refractivity contribution in [1.29, 1.82) is 0 Å². The molecule has 0 atom stereocenters. The number of amides is 1. The Balaban J connectivity index is 2.27. The van der Waals surface area contributed by atoms with Crippen LogP contribution in [0.1, 0.15) is 12.5 Å². The minimum Gasteiger partial charge on any atom is -0.361 e. The van der Waals surface area contributed by atoms with Gasteiger partial charge in [0, 0.05) is 19.2 Å². The first kappa shape index (κ1) is 13.5. The second-order valence-corrected chi connectivity index (χ2v) is 4.47. The average molecular weight is 283 g/mol. The maximum absolute atomic E-state index is 11.8. The highest BCUT2D eigenvalue weighted by Gasteiger charge is 2.14. The molecule has 8 heteroatoms. The zero-order chi connectivity index (χ0) is 14.0. The van der Waals surface area contributed by atoms with E-state index < -0.39 is 0 Å². The molecule has 0 aliphatic carbocycles. The number of aromatic nitrogens is 4. The number of anilines is 1. The molecule has 0 spiro atoms. The lowest BCUT2D eigenvalue weighted by Gasteiger charge is -2.16. The normalized spacial score (nSPS) is 10.7. The van der Waals surface area contributed by atoms with Gasteiger partial charge in [0.15, 0.2) is 0 Å². The zero-order valence-electron chi connectivity index (χ0n) is 11.0. The van der Waals surface area contributed by atoms with E-state index in [4.69, 9.17) is 11.6 Å². The van der Waals surface area contributed by atoms with E-state index >= 15 is 0 Å². The minimum absolute atomic E-state index is 0.0110. The van der Waals surface area contributed by atoms with Crippen LogP contribution >= 0.6 is 11.6 Å². The number of carbonyl (C=O) groups is 1. The molecule has 2 aromatic rings. The zero-order valence-corrected chi connectivity index (χ0v) is 11.8. The Morgan fingerprint density at radius 2 is 2.32 bits per heavy atom. The molecule has 0 radical (unpaired) electrons. The number of fused-ring (bicyclic) bond motifs is 1. The molecule has 0 saturated heterocycles. The van der Waals surface area contributed by atoms with Crippen LogP contribution in [0.2, 0.25) is 5.15 Å². The molecule has 0 bridgehead atoms. The minimum atomic E-state index is -0.0110. The highest BCUT2D eigenvalue weighted by molar-refractivity contribution is 6.30. The molecule has 0 aliphatic rings. The first-order chi connectivity index (χ1) is 9.04. The molecule has 7 nitrogen and oxygen atoms in total. The Bertz CT molecular complexity index is 610. The topological polar surface area (TPSA) is 75.4 Å². The summed E-state index contributed by atoms with van der Waals surface area (Å²) in [5.41, 5.74) is 0.728. The second-order valence-electron chi connectivity index (χ2n) is 4.11. The van der Waals surface area contributed by atoms with Crippen LogP contribution in [0.25, 0.3) is 5.78 Å². The molecule has 1 amide bonds. The molecule has 0 aliphatic heterocycles. The molecule has 2 aromatic heterocycles. The van der Waals surface area contributed by atoms with Gasteiger partial charge in [0.25, 0.3) is 5.78 Å². The van der Waals surface area contributed by atoms with Crippen molar-refractivity contribution < 1.29 is 4.79 Å². The fourth-order valence-electron chi connectivity index (χ4n) is 1.58. The Labute approximate surface area is 115 Å². The Hall–Kier alpha value is -1.89. The monoisotopic (exact) mass is 282 g/mol. The summed E-state index contributed by atoms with van der Waals surface area (Å²) >= 11 is 6.03. The fourth-order valence-corrected chi connectivity index (χ4v) is 1.74. The number of hydrogen-bond donors (Lipinski definition) is 1. The largest absolute Gasteiger partial charge is 0.361 e. The molecular formula is C11H15ClN6O. The maximum atomic E-state index is 11.8. The Morgan fingerprint density at radius 3 is 3.00 bits per heavy atom. The number of rotatable bonds is 4. The lowest BCUT2D eigenvalue weighted by Crippen LogP contribution is -2.32. The van der Waals surface area contributed by atoms with Gasteiger partial charge in [0.05, 0.1) is 6.54 Å². The van der Waals surface area contributed by atoms with Crippen molar-refractivity contribution in [3.63, 3.8) is 0 Å². The van der Waals surface area contributed by atoms with Gasteiger partial charge in [-0.1, -0.05) is 11.6 Å². The SMILES string of the molecule is CCN(C)C(=O)CNc1c(C)c(Cl)nc2ncnn12. The third-order valence-electron chi connectivity index (χ3n) is 2.91. The van der Waals surface area contributed by atoms with Crippen LogP contribution in [0.15, 0.2) is 6.33 Å². The highest BCUT2D eigenvalue weighted by Crippen LogP contribution is 2.21. The number of nitrogens with one attached hydrogen (secondary N) is 1. The smallest absolute Gasteiger partial charge is 0.255 e. The van der Waals surface area contributed by atoms with E-state index in [1.54, 1.807) is 11.9 Å². The number of likely N-dealkylation sites (N-methyl/N-ethyl adjacent to an activating group) is 1. The van der Waals surface area contributed by atoms with E-state index in [0.717, 1.165) is 5.56 Å². The van der Waals surface area contributed by atoms with Crippen LogP contribution in [0, 0.1) is 6.92 Å². The summed E-state index contributed by atoms with van der Waals surface area (Å²) in [6.45, 7) is 4.56. The quantitative estimate of drug-likeness (QED) is 0.846. The Kier molecular flexibility index (Phi) is 3.84. The fraction of sp³-hybridized carbons (Fsp3) is 0.455. The van der Waals surface area contributed by atoms with E-state index in [0.29, 0.717) is 23.3 Å². The van der Waals surface area contributed by atoms with E-state index in [1.165, 1.54) is 10.8 Å². The van der Waals surface area contributed by atoms with Crippen molar-refractivity contribution in [2.45, 2.75) is 13.8 Å². The van der Waals surface area contributed by atoms with Gasteiger partial charge in [-0.15, -0.1) is 0 Å². The van der Waals surface area contributed by atoms with Crippen molar-refractivity contribution in [2.24, 2.45) is 0 Å². The number of carbonyl (C=O) groups excluding carboxylic acids is 1. The molecule has 102 valence electrons. The van der Waals surface area contributed by atoms with Crippen molar-refractivity contribution in [3.05, 3.63) is 17.0 Å². The van der Waals surface area contributed by atoms with Gasteiger partial charge in [0.1, 0.15) is 17.3 Å². The number of nitrogens with zero attached hydrogens (tertiary/aromatic N) is 5. The third kappa shape index (κ3) is 2.60. The molecule has 2 rings (SSSR count). The van der Waals surface area contributed by atoms with Crippen molar-refractivity contribution in [1.82, 2.24) is 24.5 Å². The van der Waals surface area contributed by atoms with Crippen LogP contribution in [-0.2, 0) is 4.79 Å². The maximum Gasteiger partial charge on any atom is 0.255 e. The predicted octanol–water partition coefficient (Wildman–Crippen LogP) is 0.976. The summed E-state index contributed by atoms with van der Waals surface area (Å²) in [5.74, 6) is 1.02. The summed E-state index contributed by atoms with van der Waals surface area (Å²) < 4.78 is 1.53. The number of halogens is 1. The molecule has 0 unspecified atom stereocenters. The lowest BCUT2D eigenvalue weighted by atomic mass is 10.3. The van der Waals surface area contributed by atoms with E-state index in [1.807, 2.05) is 13.8 Å². The van der Waals surface area contributed by atoms with Crippen LogP contribution in [0.3, 0.4) is 0 Å².